The molecule has 0 aromatic carbocycles. The summed E-state index contributed by atoms with van der Waals surface area (Å²) in [6.45, 7) is 4.26. The van der Waals surface area contributed by atoms with Gasteiger partial charge in [-0.2, -0.15) is 0 Å². The summed E-state index contributed by atoms with van der Waals surface area (Å²) >= 11 is 0. The number of carbonyl (C=O) groups is 3. The molecule has 9 heteroatoms. The van der Waals surface area contributed by atoms with Gasteiger partial charge in [-0.1, -0.05) is 24.6 Å². The van der Waals surface area contributed by atoms with E-state index in [1.54, 1.807) is 0 Å². The van der Waals surface area contributed by atoms with Crippen LogP contribution in [-0.2, 0) is 19.2 Å². The molecular formula is C26H38N2O7. The predicted octanol–water partition coefficient (Wildman–Crippen LogP) is 3.12. The largest absolute Gasteiger partial charge is 0.481 e. The molecule has 0 radical (unpaired) electrons. The van der Waals surface area contributed by atoms with Crippen molar-refractivity contribution in [1.82, 2.24) is 5.32 Å². The number of nitrogens with one attached hydrogen (secondary N) is 1. The molecule has 0 spiro atoms. The van der Waals surface area contributed by atoms with E-state index in [0.717, 1.165) is 57.1 Å². The average molecular weight is 491 g/mol. The first-order valence-corrected chi connectivity index (χ1v) is 12.9. The van der Waals surface area contributed by atoms with Gasteiger partial charge in [-0.05, 0) is 92.4 Å². The highest BCUT2D eigenvalue weighted by Gasteiger charge is 2.58. The van der Waals surface area contributed by atoms with Crippen molar-refractivity contribution < 1.29 is 34.5 Å². The van der Waals surface area contributed by atoms with Crippen LogP contribution in [0.15, 0.2) is 16.8 Å². The number of amides is 1. The van der Waals surface area contributed by atoms with Crippen molar-refractivity contribution in [3.05, 3.63) is 11.6 Å². The smallest absolute Gasteiger partial charge is 0.326 e. The van der Waals surface area contributed by atoms with Crippen LogP contribution in [0.5, 0.6) is 0 Å². The number of carbonyl (C=O) groups excluding carboxylic acids is 1. The Bertz CT molecular complexity index is 931. The molecule has 4 aliphatic carbocycles. The molecule has 9 nitrogen and oxygen atoms in total. The number of fused-ring (bicyclic) bond motifs is 5. The number of carboxylic acid groups (broad SMARTS) is 2. The van der Waals surface area contributed by atoms with Gasteiger partial charge in [-0.3, -0.25) is 9.59 Å². The molecular weight excluding hydrogens is 452 g/mol. The maximum absolute atomic E-state index is 12.1. The van der Waals surface area contributed by atoms with E-state index in [1.165, 1.54) is 5.57 Å². The summed E-state index contributed by atoms with van der Waals surface area (Å²) in [5, 5.41) is 35.0. The van der Waals surface area contributed by atoms with Crippen molar-refractivity contribution >= 4 is 23.6 Å². The minimum atomic E-state index is -1.28. The zero-order valence-corrected chi connectivity index (χ0v) is 20.7. The summed E-state index contributed by atoms with van der Waals surface area (Å²) in [7, 11) is 0. The molecule has 0 saturated heterocycles. The number of aliphatic hydroxyl groups excluding tert-OH is 1. The summed E-state index contributed by atoms with van der Waals surface area (Å²) < 4.78 is 0. The lowest BCUT2D eigenvalue weighted by Crippen LogP contribution is -2.51. The van der Waals surface area contributed by atoms with E-state index < -0.39 is 30.5 Å². The minimum absolute atomic E-state index is 0.0711. The number of carboxylic acids is 2. The fourth-order valence-electron chi connectivity index (χ4n) is 7.55. The molecule has 0 aliphatic heterocycles. The van der Waals surface area contributed by atoms with E-state index in [2.05, 4.69) is 30.4 Å². The number of nitrogens with zero attached hydrogens (tertiary/aromatic N) is 1. The Hall–Kier alpha value is -2.42. The fourth-order valence-corrected chi connectivity index (χ4v) is 7.55. The standard InChI is InChI=1S/C26H38N2O7/c1-25-11-9-16(28-35-14-22(30)27-20(24(33)34)6-8-23(31)32)13-15(25)3-4-17-18-5-7-21(29)26(18,2)12-10-19(17)25/h13,17-21,29H,3-12,14H2,1-2H3,(H,27,30)(H,31,32)(H,33,34)/t17-,18+,19-,20-,21+,25+,26+/m1/s1. The van der Waals surface area contributed by atoms with Crippen LogP contribution >= 0.6 is 0 Å². The van der Waals surface area contributed by atoms with E-state index in [9.17, 15) is 19.5 Å². The van der Waals surface area contributed by atoms with Gasteiger partial charge in [0.2, 0.25) is 0 Å². The summed E-state index contributed by atoms with van der Waals surface area (Å²) in [5.41, 5.74) is 2.40. The first-order valence-electron chi connectivity index (χ1n) is 12.9. The molecule has 0 aromatic rings. The number of rotatable bonds is 8. The topological polar surface area (TPSA) is 146 Å². The molecule has 3 fully saturated rings. The summed E-state index contributed by atoms with van der Waals surface area (Å²) in [5.74, 6) is -1.16. The normalized spacial score (nSPS) is 37.9. The van der Waals surface area contributed by atoms with Crippen molar-refractivity contribution in [1.29, 1.82) is 0 Å². The molecule has 35 heavy (non-hydrogen) atoms. The van der Waals surface area contributed by atoms with Gasteiger partial charge in [-0.15, -0.1) is 0 Å². The highest BCUT2D eigenvalue weighted by atomic mass is 16.6. The molecule has 0 heterocycles. The third kappa shape index (κ3) is 4.97. The van der Waals surface area contributed by atoms with Gasteiger partial charge < -0.3 is 25.5 Å². The lowest BCUT2D eigenvalue weighted by molar-refractivity contribution is -0.143. The Morgan fingerprint density at radius 3 is 2.60 bits per heavy atom. The van der Waals surface area contributed by atoms with Gasteiger partial charge >= 0.3 is 11.9 Å². The van der Waals surface area contributed by atoms with Crippen LogP contribution in [0.3, 0.4) is 0 Å². The lowest BCUT2D eigenvalue weighted by Gasteiger charge is -2.57. The van der Waals surface area contributed by atoms with Crippen molar-refractivity contribution in [3.8, 4) is 0 Å². The first kappa shape index (κ1) is 25.7. The zero-order valence-electron chi connectivity index (χ0n) is 20.7. The zero-order chi connectivity index (χ0) is 25.4. The summed E-state index contributed by atoms with van der Waals surface area (Å²) in [6.07, 6.45) is 9.61. The first-order chi connectivity index (χ1) is 16.5. The van der Waals surface area contributed by atoms with Crippen molar-refractivity contribution in [2.24, 2.45) is 33.7 Å². The summed E-state index contributed by atoms with van der Waals surface area (Å²) in [6, 6.07) is -1.28. The fraction of sp³-hybridized carbons (Fsp3) is 0.769. The van der Waals surface area contributed by atoms with Crippen LogP contribution < -0.4 is 5.32 Å². The van der Waals surface area contributed by atoms with Crippen LogP contribution in [0, 0.1) is 28.6 Å². The molecule has 4 N–H and O–H groups in total. The Morgan fingerprint density at radius 2 is 1.89 bits per heavy atom. The Kier molecular flexibility index (Phi) is 7.27. The quantitative estimate of drug-likeness (QED) is 0.382. The SMILES string of the molecule is C[C@]12CC[C@@H]3[C@H](CCC4=CC(=NOCC(=O)N[C@H](CCC(=O)O)C(=O)O)CC[C@@]43C)[C@@H]1CC[C@@H]2O. The molecule has 0 aromatic heterocycles. The Balaban J connectivity index is 1.35. The lowest BCUT2D eigenvalue weighted by atomic mass is 9.47. The third-order valence-electron chi connectivity index (χ3n) is 9.58. The Morgan fingerprint density at radius 1 is 1.11 bits per heavy atom. The molecule has 0 bridgehead atoms. The number of hydrogen-bond acceptors (Lipinski definition) is 6. The molecule has 4 aliphatic rings. The predicted molar refractivity (Wildman–Crippen MR) is 128 cm³/mol. The van der Waals surface area contributed by atoms with Gasteiger partial charge in [0.1, 0.15) is 6.04 Å². The van der Waals surface area contributed by atoms with Crippen LogP contribution in [-0.4, -0.2) is 57.6 Å². The van der Waals surface area contributed by atoms with Crippen LogP contribution in [0.25, 0.3) is 0 Å². The number of oxime groups is 1. The van der Waals surface area contributed by atoms with Gasteiger partial charge in [0, 0.05) is 6.42 Å². The van der Waals surface area contributed by atoms with E-state index in [-0.39, 0.29) is 29.8 Å². The van der Waals surface area contributed by atoms with Crippen LogP contribution in [0.1, 0.15) is 78.1 Å². The minimum Gasteiger partial charge on any atom is -0.481 e. The highest BCUT2D eigenvalue weighted by molar-refractivity contribution is 5.96. The van der Waals surface area contributed by atoms with Crippen molar-refractivity contribution in [3.63, 3.8) is 0 Å². The second kappa shape index (κ2) is 9.91. The maximum atomic E-state index is 12.1. The molecule has 3 saturated carbocycles. The Labute approximate surface area is 206 Å². The second-order valence-electron chi connectivity index (χ2n) is 11.4. The number of aliphatic carboxylic acids is 2. The summed E-state index contributed by atoms with van der Waals surface area (Å²) in [4.78, 5) is 39.2. The maximum Gasteiger partial charge on any atom is 0.326 e. The van der Waals surface area contributed by atoms with Gasteiger partial charge in [0.15, 0.2) is 6.61 Å². The molecule has 1 amide bonds. The van der Waals surface area contributed by atoms with E-state index in [4.69, 9.17) is 15.1 Å². The van der Waals surface area contributed by atoms with Crippen LogP contribution in [0.4, 0.5) is 0 Å². The second-order valence-corrected chi connectivity index (χ2v) is 11.4. The molecule has 4 rings (SSSR count). The highest BCUT2D eigenvalue weighted by Crippen LogP contribution is 2.65. The average Bonchev–Trinajstić information content (AvgIpc) is 3.11. The van der Waals surface area contributed by atoms with Crippen molar-refractivity contribution in [2.45, 2.75) is 90.2 Å². The number of aliphatic hydroxyl groups is 1. The number of allylic oxidation sites excluding steroid dienone is 2. The van der Waals surface area contributed by atoms with E-state index >= 15 is 0 Å². The monoisotopic (exact) mass is 490 g/mol. The molecule has 194 valence electrons. The van der Waals surface area contributed by atoms with E-state index in [0.29, 0.717) is 17.8 Å². The van der Waals surface area contributed by atoms with Gasteiger partial charge in [0.05, 0.1) is 11.8 Å². The molecule has 0 unspecified atom stereocenters. The van der Waals surface area contributed by atoms with Gasteiger partial charge in [0.25, 0.3) is 5.91 Å². The van der Waals surface area contributed by atoms with E-state index in [1.807, 2.05) is 0 Å². The van der Waals surface area contributed by atoms with Crippen molar-refractivity contribution in [2.75, 3.05) is 6.61 Å². The third-order valence-corrected chi connectivity index (χ3v) is 9.58. The van der Waals surface area contributed by atoms with Gasteiger partial charge in [-0.25, -0.2) is 4.79 Å². The van der Waals surface area contributed by atoms with Crippen LogP contribution in [0.2, 0.25) is 0 Å². The molecule has 7 atom stereocenters. The number of hydrogen-bond donors (Lipinski definition) is 4.